The third-order valence-electron chi connectivity index (χ3n) is 3.51. The first-order chi connectivity index (χ1) is 8.67. The summed E-state index contributed by atoms with van der Waals surface area (Å²) in [4.78, 5) is 2.25. The highest BCUT2D eigenvalue weighted by atomic mass is 32.2. The second kappa shape index (κ2) is 4.68. The Kier molecular flexibility index (Phi) is 3.49. The number of nitrogens with two attached hydrogens (primary N) is 2. The van der Waals surface area contributed by atoms with E-state index in [2.05, 4.69) is 18.7 Å². The molecule has 0 radical (unpaired) electrons. The van der Waals surface area contributed by atoms with Crippen molar-refractivity contribution in [3.8, 4) is 0 Å². The summed E-state index contributed by atoms with van der Waals surface area (Å²) in [6.07, 6.45) is 2.26. The van der Waals surface area contributed by atoms with Gasteiger partial charge in [-0.2, -0.15) is 0 Å². The van der Waals surface area contributed by atoms with Crippen LogP contribution in [0.1, 0.15) is 26.7 Å². The van der Waals surface area contributed by atoms with Gasteiger partial charge in [0.05, 0.1) is 4.90 Å². The van der Waals surface area contributed by atoms with Crippen LogP contribution in [0.3, 0.4) is 0 Å². The Morgan fingerprint density at radius 2 is 1.95 bits per heavy atom. The highest BCUT2D eigenvalue weighted by molar-refractivity contribution is 7.89. The standard InChI is InChI=1S/C13H21N3O2S/c1-13(2)4-3-5-16(9-13)11-6-10(14)7-12(8-11)19(15,17)18/h6-8H,3-5,9,14H2,1-2H3,(H2,15,17,18). The van der Waals surface area contributed by atoms with Gasteiger partial charge in [-0.05, 0) is 36.5 Å². The Labute approximate surface area is 114 Å². The highest BCUT2D eigenvalue weighted by Gasteiger charge is 2.27. The van der Waals surface area contributed by atoms with E-state index < -0.39 is 10.0 Å². The molecule has 0 aromatic heterocycles. The van der Waals surface area contributed by atoms with Crippen LogP contribution in [0.15, 0.2) is 23.1 Å². The van der Waals surface area contributed by atoms with Crippen molar-refractivity contribution >= 4 is 21.4 Å². The maximum atomic E-state index is 11.5. The first-order valence-corrected chi connectivity index (χ1v) is 7.90. The normalized spacial score (nSPS) is 19.4. The van der Waals surface area contributed by atoms with Crippen molar-refractivity contribution in [2.45, 2.75) is 31.6 Å². The summed E-state index contributed by atoms with van der Waals surface area (Å²) in [5.74, 6) is 0. The molecule has 0 atom stereocenters. The van der Waals surface area contributed by atoms with Crippen molar-refractivity contribution in [1.82, 2.24) is 0 Å². The SMILES string of the molecule is CC1(C)CCCN(c2cc(N)cc(S(N)(=O)=O)c2)C1. The van der Waals surface area contributed by atoms with Gasteiger partial charge in [0.1, 0.15) is 0 Å². The van der Waals surface area contributed by atoms with Gasteiger partial charge in [-0.1, -0.05) is 13.8 Å². The number of benzene rings is 1. The summed E-state index contributed by atoms with van der Waals surface area (Å²) in [7, 11) is -3.72. The fourth-order valence-corrected chi connectivity index (χ4v) is 3.18. The molecule has 6 heteroatoms. The average molecular weight is 283 g/mol. The molecule has 4 N–H and O–H groups in total. The van der Waals surface area contributed by atoms with Crippen LogP contribution in [-0.4, -0.2) is 21.5 Å². The van der Waals surface area contributed by atoms with E-state index >= 15 is 0 Å². The Morgan fingerprint density at radius 1 is 1.26 bits per heavy atom. The van der Waals surface area contributed by atoms with E-state index in [0.717, 1.165) is 25.2 Å². The number of rotatable bonds is 2. The third kappa shape index (κ3) is 3.39. The molecular weight excluding hydrogens is 262 g/mol. The van der Waals surface area contributed by atoms with Gasteiger partial charge in [0.25, 0.3) is 0 Å². The first-order valence-electron chi connectivity index (χ1n) is 6.36. The molecule has 1 heterocycles. The van der Waals surface area contributed by atoms with Crippen LogP contribution in [0, 0.1) is 5.41 Å². The van der Waals surface area contributed by atoms with Crippen LogP contribution >= 0.6 is 0 Å². The Balaban J connectivity index is 2.37. The molecule has 0 unspecified atom stereocenters. The molecule has 0 aliphatic carbocycles. The summed E-state index contributed by atoms with van der Waals surface area (Å²) in [6.45, 7) is 6.23. The predicted molar refractivity (Wildman–Crippen MR) is 77.5 cm³/mol. The fourth-order valence-electron chi connectivity index (χ4n) is 2.60. The molecule has 5 nitrogen and oxygen atoms in total. The zero-order valence-electron chi connectivity index (χ0n) is 11.4. The molecule has 106 valence electrons. The van der Waals surface area contributed by atoms with Gasteiger partial charge < -0.3 is 10.6 Å². The lowest BCUT2D eigenvalue weighted by Gasteiger charge is -2.39. The molecular formula is C13H21N3O2S. The molecule has 0 spiro atoms. The van der Waals surface area contributed by atoms with E-state index in [4.69, 9.17) is 10.9 Å². The lowest BCUT2D eigenvalue weighted by atomic mass is 9.84. The maximum absolute atomic E-state index is 11.5. The lowest BCUT2D eigenvalue weighted by Crippen LogP contribution is -2.40. The molecule has 19 heavy (non-hydrogen) atoms. The van der Waals surface area contributed by atoms with Crippen LogP contribution in [-0.2, 0) is 10.0 Å². The van der Waals surface area contributed by atoms with Gasteiger partial charge in [-0.15, -0.1) is 0 Å². The van der Waals surface area contributed by atoms with E-state index in [9.17, 15) is 8.42 Å². The van der Waals surface area contributed by atoms with Crippen molar-refractivity contribution in [2.24, 2.45) is 10.6 Å². The van der Waals surface area contributed by atoms with Crippen molar-refractivity contribution < 1.29 is 8.42 Å². The van der Waals surface area contributed by atoms with E-state index in [1.165, 1.54) is 12.5 Å². The van der Waals surface area contributed by atoms with Crippen LogP contribution in [0.25, 0.3) is 0 Å². The Morgan fingerprint density at radius 3 is 2.53 bits per heavy atom. The molecule has 0 bridgehead atoms. The number of hydrogen-bond acceptors (Lipinski definition) is 4. The number of hydrogen-bond donors (Lipinski definition) is 2. The number of sulfonamides is 1. The number of piperidine rings is 1. The van der Waals surface area contributed by atoms with Crippen LogP contribution in [0.5, 0.6) is 0 Å². The summed E-state index contributed by atoms with van der Waals surface area (Å²) in [5.41, 5.74) is 7.26. The summed E-state index contributed by atoms with van der Waals surface area (Å²) in [5, 5.41) is 5.18. The summed E-state index contributed by atoms with van der Waals surface area (Å²) < 4.78 is 22.9. The van der Waals surface area contributed by atoms with Gasteiger partial charge in [0, 0.05) is 24.5 Å². The van der Waals surface area contributed by atoms with E-state index in [0.29, 0.717) is 5.69 Å². The zero-order chi connectivity index (χ0) is 14.3. The van der Waals surface area contributed by atoms with Crippen LogP contribution < -0.4 is 15.8 Å². The minimum Gasteiger partial charge on any atom is -0.399 e. The monoisotopic (exact) mass is 283 g/mol. The molecule has 1 fully saturated rings. The smallest absolute Gasteiger partial charge is 0.238 e. The van der Waals surface area contributed by atoms with E-state index in [1.54, 1.807) is 12.1 Å². The number of primary sulfonamides is 1. The van der Waals surface area contributed by atoms with Gasteiger partial charge in [-0.25, -0.2) is 13.6 Å². The maximum Gasteiger partial charge on any atom is 0.238 e. The highest BCUT2D eigenvalue weighted by Crippen LogP contribution is 2.33. The zero-order valence-corrected chi connectivity index (χ0v) is 12.2. The molecule has 1 aliphatic rings. The lowest BCUT2D eigenvalue weighted by molar-refractivity contribution is 0.293. The average Bonchev–Trinajstić information content (AvgIpc) is 2.25. The first kappa shape index (κ1) is 14.1. The molecule has 1 aromatic rings. The van der Waals surface area contributed by atoms with E-state index in [1.807, 2.05) is 0 Å². The largest absolute Gasteiger partial charge is 0.399 e. The van der Waals surface area contributed by atoms with Crippen molar-refractivity contribution in [3.63, 3.8) is 0 Å². The molecule has 1 saturated heterocycles. The van der Waals surface area contributed by atoms with Crippen molar-refractivity contribution in [2.75, 3.05) is 23.7 Å². The van der Waals surface area contributed by atoms with Gasteiger partial charge >= 0.3 is 0 Å². The molecule has 2 rings (SSSR count). The molecule has 1 aliphatic heterocycles. The van der Waals surface area contributed by atoms with E-state index in [-0.39, 0.29) is 10.3 Å². The third-order valence-corrected chi connectivity index (χ3v) is 4.40. The van der Waals surface area contributed by atoms with Gasteiger partial charge in [0.15, 0.2) is 0 Å². The summed E-state index contributed by atoms with van der Waals surface area (Å²) in [6, 6.07) is 4.80. The topological polar surface area (TPSA) is 89.4 Å². The van der Waals surface area contributed by atoms with Crippen LogP contribution in [0.2, 0.25) is 0 Å². The minimum absolute atomic E-state index is 0.0749. The Hall–Kier alpha value is -1.27. The van der Waals surface area contributed by atoms with Crippen molar-refractivity contribution in [1.29, 1.82) is 0 Å². The number of nitrogens with zero attached hydrogens (tertiary/aromatic N) is 1. The Bertz CT molecular complexity index is 582. The van der Waals surface area contributed by atoms with Crippen LogP contribution in [0.4, 0.5) is 11.4 Å². The molecule has 1 aromatic carbocycles. The minimum atomic E-state index is -3.72. The summed E-state index contributed by atoms with van der Waals surface area (Å²) >= 11 is 0. The molecule has 0 amide bonds. The predicted octanol–water partition coefficient (Wildman–Crippen LogP) is 1.54. The van der Waals surface area contributed by atoms with Gasteiger partial charge in [0.2, 0.25) is 10.0 Å². The molecule has 0 saturated carbocycles. The van der Waals surface area contributed by atoms with Gasteiger partial charge in [-0.3, -0.25) is 0 Å². The quantitative estimate of drug-likeness (QED) is 0.806. The number of nitrogen functional groups attached to an aromatic ring is 1. The van der Waals surface area contributed by atoms with Crippen molar-refractivity contribution in [3.05, 3.63) is 18.2 Å². The fraction of sp³-hybridized carbons (Fsp3) is 0.538. The second-order valence-corrected chi connectivity index (χ2v) is 7.56. The second-order valence-electron chi connectivity index (χ2n) is 5.99. The number of anilines is 2.